The van der Waals surface area contributed by atoms with Crippen LogP contribution in [0.15, 0.2) is 47.2 Å². The number of hydrogen-bond acceptors (Lipinski definition) is 4. The molecule has 2 aromatic rings. The number of carbonyl (C=O) groups is 1. The predicted octanol–water partition coefficient (Wildman–Crippen LogP) is 3.83. The highest BCUT2D eigenvalue weighted by Gasteiger charge is 2.29. The van der Waals surface area contributed by atoms with E-state index in [2.05, 4.69) is 27.8 Å². The van der Waals surface area contributed by atoms with Gasteiger partial charge in [-0.1, -0.05) is 18.2 Å². The number of likely N-dealkylation sites (tertiary alicyclic amines) is 1. The maximum atomic E-state index is 12.9. The molecule has 1 atom stereocenters. The molecule has 3 rings (SSSR count). The van der Waals surface area contributed by atoms with Gasteiger partial charge in [0.2, 0.25) is 5.91 Å². The number of carbonyl (C=O) groups excluding carboxylic acids is 1. The third-order valence-corrected chi connectivity index (χ3v) is 5.15. The second-order valence-corrected chi connectivity index (χ2v) is 6.75. The highest BCUT2D eigenvalue weighted by Crippen LogP contribution is 2.33. The van der Waals surface area contributed by atoms with Crippen LogP contribution in [-0.2, 0) is 4.79 Å². The first-order valence-corrected chi connectivity index (χ1v) is 9.22. The third-order valence-electron chi connectivity index (χ3n) is 4.45. The zero-order chi connectivity index (χ0) is 16.8. The van der Waals surface area contributed by atoms with Crippen molar-refractivity contribution in [1.82, 2.24) is 4.90 Å². The quantitative estimate of drug-likeness (QED) is 0.803. The largest absolute Gasteiger partial charge is 0.310 e. The molecule has 0 bridgehead atoms. The van der Waals surface area contributed by atoms with E-state index < -0.39 is 0 Å². The summed E-state index contributed by atoms with van der Waals surface area (Å²) < 4.78 is 0. The zero-order valence-corrected chi connectivity index (χ0v) is 14.4. The van der Waals surface area contributed by atoms with Crippen LogP contribution in [0.2, 0.25) is 0 Å². The Kier molecular flexibility index (Phi) is 5.63. The van der Waals surface area contributed by atoms with Gasteiger partial charge in [0.25, 0.3) is 0 Å². The van der Waals surface area contributed by atoms with Gasteiger partial charge in [-0.2, -0.15) is 16.6 Å². The number of benzene rings is 1. The molecule has 1 aromatic carbocycles. The fraction of sp³-hybridized carbons (Fsp3) is 0.368. The normalized spacial score (nSPS) is 17.5. The Morgan fingerprint density at radius 2 is 2.17 bits per heavy atom. The summed E-state index contributed by atoms with van der Waals surface area (Å²) >= 11 is 1.70. The van der Waals surface area contributed by atoms with Crippen molar-refractivity contribution in [1.29, 1.82) is 5.26 Å². The van der Waals surface area contributed by atoms with Gasteiger partial charge >= 0.3 is 0 Å². The first kappa shape index (κ1) is 16.7. The number of thiophene rings is 1. The molecule has 2 heterocycles. The zero-order valence-electron chi connectivity index (χ0n) is 13.6. The Morgan fingerprint density at radius 3 is 2.88 bits per heavy atom. The summed E-state index contributed by atoms with van der Waals surface area (Å²) in [6, 6.07) is 14.3. The minimum Gasteiger partial charge on any atom is -0.310 e. The Labute approximate surface area is 146 Å². The number of rotatable bonds is 6. The molecule has 124 valence electrons. The SMILES string of the molecule is N#CCCN(C(=O)CN1CCC[C@@H]1c1ccsc1)c1ccccc1. The number of amides is 1. The van der Waals surface area contributed by atoms with Gasteiger partial charge in [-0.3, -0.25) is 9.69 Å². The monoisotopic (exact) mass is 339 g/mol. The van der Waals surface area contributed by atoms with Gasteiger partial charge in [0.1, 0.15) is 0 Å². The van der Waals surface area contributed by atoms with Crippen LogP contribution in [0.25, 0.3) is 0 Å². The van der Waals surface area contributed by atoms with E-state index in [1.807, 2.05) is 30.3 Å². The van der Waals surface area contributed by atoms with E-state index in [-0.39, 0.29) is 5.91 Å². The molecule has 0 aliphatic carbocycles. The molecule has 0 spiro atoms. The van der Waals surface area contributed by atoms with Crippen molar-refractivity contribution in [3.8, 4) is 6.07 Å². The summed E-state index contributed by atoms with van der Waals surface area (Å²) in [5.74, 6) is 0.0681. The standard InChI is InChI=1S/C19H21N3OS/c20-10-5-12-22(17-6-2-1-3-7-17)19(23)14-21-11-4-8-18(21)16-9-13-24-15-16/h1-3,6-7,9,13,15,18H,4-5,8,11-12,14H2/t18-/m1/s1. The summed E-state index contributed by atoms with van der Waals surface area (Å²) in [4.78, 5) is 16.9. The number of hydrogen-bond donors (Lipinski definition) is 0. The van der Waals surface area contributed by atoms with Gasteiger partial charge in [0, 0.05) is 18.3 Å². The van der Waals surface area contributed by atoms with E-state index in [9.17, 15) is 4.79 Å². The number of nitriles is 1. The van der Waals surface area contributed by atoms with Gasteiger partial charge in [-0.15, -0.1) is 0 Å². The van der Waals surface area contributed by atoms with Crippen molar-refractivity contribution in [3.63, 3.8) is 0 Å². The summed E-state index contributed by atoms with van der Waals surface area (Å²) in [6.45, 7) is 1.80. The molecular formula is C19H21N3OS. The maximum Gasteiger partial charge on any atom is 0.241 e. The van der Waals surface area contributed by atoms with Crippen LogP contribution >= 0.6 is 11.3 Å². The van der Waals surface area contributed by atoms with E-state index in [0.717, 1.165) is 25.1 Å². The molecule has 1 saturated heterocycles. The first-order valence-electron chi connectivity index (χ1n) is 8.28. The van der Waals surface area contributed by atoms with Gasteiger partial charge in [-0.25, -0.2) is 0 Å². The summed E-state index contributed by atoms with van der Waals surface area (Å²) in [7, 11) is 0. The van der Waals surface area contributed by atoms with E-state index >= 15 is 0 Å². The molecular weight excluding hydrogens is 318 g/mol. The molecule has 0 N–H and O–H groups in total. The summed E-state index contributed by atoms with van der Waals surface area (Å²) in [5, 5.41) is 13.2. The van der Waals surface area contributed by atoms with Crippen molar-refractivity contribution in [2.24, 2.45) is 0 Å². The van der Waals surface area contributed by atoms with Crippen LogP contribution < -0.4 is 4.90 Å². The minimum absolute atomic E-state index is 0.0681. The van der Waals surface area contributed by atoms with Crippen LogP contribution in [0.3, 0.4) is 0 Å². The summed E-state index contributed by atoms with van der Waals surface area (Å²) in [5.41, 5.74) is 2.18. The second-order valence-electron chi connectivity index (χ2n) is 5.97. The Bertz CT molecular complexity index is 693. The van der Waals surface area contributed by atoms with Crippen LogP contribution in [0, 0.1) is 11.3 Å². The van der Waals surface area contributed by atoms with Crippen LogP contribution in [0.1, 0.15) is 30.9 Å². The first-order chi connectivity index (χ1) is 11.8. The molecule has 4 nitrogen and oxygen atoms in total. The predicted molar refractivity (Wildman–Crippen MR) is 96.9 cm³/mol. The van der Waals surface area contributed by atoms with Crippen LogP contribution in [0.4, 0.5) is 5.69 Å². The van der Waals surface area contributed by atoms with E-state index in [0.29, 0.717) is 25.6 Å². The Morgan fingerprint density at radius 1 is 1.33 bits per heavy atom. The number of anilines is 1. The Hall–Kier alpha value is -2.16. The smallest absolute Gasteiger partial charge is 0.241 e. The molecule has 1 aliphatic heterocycles. The van der Waals surface area contributed by atoms with Gasteiger partial charge < -0.3 is 4.90 Å². The van der Waals surface area contributed by atoms with Crippen molar-refractivity contribution in [2.45, 2.75) is 25.3 Å². The lowest BCUT2D eigenvalue weighted by Gasteiger charge is -2.28. The average molecular weight is 339 g/mol. The molecule has 1 amide bonds. The molecule has 0 radical (unpaired) electrons. The van der Waals surface area contributed by atoms with Crippen molar-refractivity contribution in [2.75, 3.05) is 24.5 Å². The molecule has 1 aromatic heterocycles. The van der Waals surface area contributed by atoms with Crippen molar-refractivity contribution >= 4 is 22.9 Å². The summed E-state index contributed by atoms with van der Waals surface area (Å²) in [6.07, 6.45) is 2.57. The van der Waals surface area contributed by atoms with Crippen LogP contribution in [0.5, 0.6) is 0 Å². The van der Waals surface area contributed by atoms with Gasteiger partial charge in [0.05, 0.1) is 19.0 Å². The topological polar surface area (TPSA) is 47.3 Å². The van der Waals surface area contributed by atoms with Gasteiger partial charge in [0.15, 0.2) is 0 Å². The fourth-order valence-electron chi connectivity index (χ4n) is 3.28. The second kappa shape index (κ2) is 8.09. The molecule has 5 heteroatoms. The lowest BCUT2D eigenvalue weighted by Crippen LogP contribution is -2.40. The lowest BCUT2D eigenvalue weighted by molar-refractivity contribution is -0.120. The van der Waals surface area contributed by atoms with Crippen molar-refractivity contribution in [3.05, 3.63) is 52.7 Å². The molecule has 0 unspecified atom stereocenters. The van der Waals surface area contributed by atoms with Gasteiger partial charge in [-0.05, 0) is 53.9 Å². The van der Waals surface area contributed by atoms with E-state index in [1.165, 1.54) is 5.56 Å². The van der Waals surface area contributed by atoms with E-state index in [1.54, 1.807) is 16.2 Å². The average Bonchev–Trinajstić information content (AvgIpc) is 3.27. The molecule has 1 fully saturated rings. The third kappa shape index (κ3) is 3.84. The van der Waals surface area contributed by atoms with Crippen molar-refractivity contribution < 1.29 is 4.79 Å². The van der Waals surface area contributed by atoms with Crippen LogP contribution in [-0.4, -0.2) is 30.4 Å². The van der Waals surface area contributed by atoms with E-state index in [4.69, 9.17) is 5.26 Å². The highest BCUT2D eigenvalue weighted by atomic mass is 32.1. The molecule has 1 aliphatic rings. The fourth-order valence-corrected chi connectivity index (χ4v) is 3.99. The minimum atomic E-state index is 0.0681. The maximum absolute atomic E-state index is 12.9. The Balaban J connectivity index is 1.72. The number of nitrogens with zero attached hydrogens (tertiary/aromatic N) is 3. The highest BCUT2D eigenvalue weighted by molar-refractivity contribution is 7.07. The molecule has 0 saturated carbocycles. The lowest BCUT2D eigenvalue weighted by atomic mass is 10.1. The molecule has 24 heavy (non-hydrogen) atoms. The number of para-hydroxylation sites is 1.